The van der Waals surface area contributed by atoms with E-state index in [9.17, 15) is 0 Å². The van der Waals surface area contributed by atoms with Crippen LogP contribution in [0.1, 0.15) is 0 Å². The predicted molar refractivity (Wildman–Crippen MR) is 116 cm³/mol. The molecule has 0 aromatic carbocycles. The number of hydrogen-bond acceptors (Lipinski definition) is 0. The van der Waals surface area contributed by atoms with Gasteiger partial charge in [-0.1, -0.05) is 0 Å². The maximum atomic E-state index is 6.33. The summed E-state index contributed by atoms with van der Waals surface area (Å²) < 4.78 is -10.2. The van der Waals surface area contributed by atoms with Gasteiger partial charge in [-0.15, -0.1) is 0 Å². The van der Waals surface area contributed by atoms with Gasteiger partial charge in [0.25, 0.3) is 0 Å². The molecular formula is Cl14Si6-2. The van der Waals surface area contributed by atoms with Gasteiger partial charge in [0.15, 0.2) is 0 Å². The van der Waals surface area contributed by atoms with Gasteiger partial charge in [-0.2, -0.15) is 0 Å². The van der Waals surface area contributed by atoms with E-state index in [0.29, 0.717) is 0 Å². The Morgan fingerprint density at radius 1 is 0.350 bits per heavy atom. The Morgan fingerprint density at radius 2 is 0.450 bits per heavy atom. The van der Waals surface area contributed by atoms with E-state index in [1.807, 2.05) is 0 Å². The van der Waals surface area contributed by atoms with Crippen LogP contribution in [0, 0.1) is 0 Å². The fraction of sp³-hybridized carbons (Fsp3) is 0. The summed E-state index contributed by atoms with van der Waals surface area (Å²) in [4.78, 5) is 0. The molecular weight excluding hydrogens is 665 g/mol. The van der Waals surface area contributed by atoms with Crippen LogP contribution in [0.15, 0.2) is 0 Å². The number of rotatable bonds is 0. The summed E-state index contributed by atoms with van der Waals surface area (Å²) in [6, 6.07) is 0. The van der Waals surface area contributed by atoms with E-state index in [-0.39, 0.29) is 0 Å². The van der Waals surface area contributed by atoms with E-state index in [1.165, 1.54) is 0 Å². The molecule has 0 bridgehead atoms. The van der Waals surface area contributed by atoms with Gasteiger partial charge in [0.05, 0.1) is 0 Å². The first-order valence-electron chi connectivity index (χ1n) is 4.15. The van der Waals surface area contributed by atoms with E-state index < -0.39 is 31.5 Å². The van der Waals surface area contributed by atoms with Crippen molar-refractivity contribution in [2.75, 3.05) is 0 Å². The van der Waals surface area contributed by atoms with Crippen LogP contribution >= 0.6 is 155 Å². The predicted octanol–water partition coefficient (Wildman–Crippen LogP) is 7.37. The minimum atomic E-state index is -5.11. The molecule has 1 fully saturated rings. The molecule has 20 heteroatoms. The monoisotopic (exact) mass is 657 g/mol. The van der Waals surface area contributed by atoms with Crippen molar-refractivity contribution in [1.82, 2.24) is 0 Å². The number of halogens is 14. The molecule has 1 saturated heterocycles. The molecule has 0 nitrogen and oxygen atoms in total. The van der Waals surface area contributed by atoms with Gasteiger partial charge in [-0.25, -0.2) is 0 Å². The average molecular weight is 665 g/mol. The molecule has 1 aliphatic rings. The third-order valence-electron chi connectivity index (χ3n) is 2.84. The first kappa shape index (κ1) is 23.4. The molecule has 0 amide bonds. The van der Waals surface area contributed by atoms with Gasteiger partial charge in [-0.05, 0) is 0 Å². The van der Waals surface area contributed by atoms with Crippen LogP contribution in [0.2, 0.25) is 0 Å². The maximum absolute atomic E-state index is 6.33. The Morgan fingerprint density at radius 3 is 0.550 bits per heavy atom. The van der Waals surface area contributed by atoms with Crippen molar-refractivity contribution >= 4 is 187 Å². The zero-order valence-corrected chi connectivity index (χ0v) is 24.9. The third-order valence-corrected chi connectivity index (χ3v) is 230. The van der Waals surface area contributed by atoms with Crippen molar-refractivity contribution < 1.29 is 0 Å². The standard InChI is InChI=1S/Cl14Si6/c1-15(2)16(3,4)20(12,13,14)18(7,8)17(5,6)19(15,9,10)11/q-2. The summed E-state index contributed by atoms with van der Waals surface area (Å²) in [5.41, 5.74) is -16.8. The molecule has 20 heavy (non-hydrogen) atoms. The van der Waals surface area contributed by atoms with Gasteiger partial charge in [0, 0.05) is 0 Å². The fourth-order valence-electron chi connectivity index (χ4n) is 1.42. The molecule has 0 unspecified atom stereocenters. The van der Waals surface area contributed by atoms with Crippen molar-refractivity contribution in [2.24, 2.45) is 0 Å². The van der Waals surface area contributed by atoms with Crippen molar-refractivity contribution in [3.63, 3.8) is 0 Å². The molecule has 0 aromatic rings. The van der Waals surface area contributed by atoms with E-state index in [4.69, 9.17) is 155 Å². The molecule has 124 valence electrons. The van der Waals surface area contributed by atoms with Gasteiger partial charge in [0.2, 0.25) is 0 Å². The summed E-state index contributed by atoms with van der Waals surface area (Å²) in [7, 11) is 0. The van der Waals surface area contributed by atoms with E-state index >= 15 is 0 Å². The van der Waals surface area contributed by atoms with E-state index in [1.54, 1.807) is 0 Å². The molecule has 0 radical (unpaired) electrons. The van der Waals surface area contributed by atoms with E-state index in [0.717, 1.165) is 0 Å². The molecule has 0 atom stereocenters. The van der Waals surface area contributed by atoms with Crippen LogP contribution in [0.25, 0.3) is 0 Å². The fourth-order valence-corrected chi connectivity index (χ4v) is 345. The van der Waals surface area contributed by atoms with Crippen LogP contribution < -0.4 is 0 Å². The third kappa shape index (κ3) is 2.29. The second-order valence-electron chi connectivity index (χ2n) is 4.11. The topological polar surface area (TPSA) is 0 Å². The minimum absolute atomic E-state index is 4.20. The van der Waals surface area contributed by atoms with Crippen LogP contribution in [0.3, 0.4) is 0 Å². The molecule has 0 N–H and O–H groups in total. The van der Waals surface area contributed by atoms with Crippen molar-refractivity contribution in [3.05, 3.63) is 0 Å². The van der Waals surface area contributed by atoms with Crippen LogP contribution in [-0.4, -0.2) is 31.5 Å². The van der Waals surface area contributed by atoms with Gasteiger partial charge >= 0.3 is 187 Å². The first-order valence-corrected chi connectivity index (χ1v) is 37.3. The zero-order chi connectivity index (χ0) is 16.9. The second kappa shape index (κ2) is 5.46. The molecule has 0 aliphatic carbocycles. The summed E-state index contributed by atoms with van der Waals surface area (Å²) in [6.07, 6.45) is 0. The number of hydrogen-bond donors (Lipinski definition) is 0. The molecule has 1 aliphatic heterocycles. The van der Waals surface area contributed by atoms with E-state index in [2.05, 4.69) is 0 Å². The molecule has 0 spiro atoms. The van der Waals surface area contributed by atoms with Crippen LogP contribution in [0.5, 0.6) is 0 Å². The summed E-state index contributed by atoms with van der Waals surface area (Å²) >= 11 is 88.5. The zero-order valence-electron chi connectivity index (χ0n) is 8.29. The SMILES string of the molecule is Cl[Si]1(Cl)[Si](Cl)(Cl)[Si-](Cl)(Cl)(Cl)[Si](Cl)(Cl)[Si](Cl)(Cl)[Si-]1(Cl)(Cl)Cl. The van der Waals surface area contributed by atoms with Crippen LogP contribution in [0.4, 0.5) is 0 Å². The van der Waals surface area contributed by atoms with Gasteiger partial charge < -0.3 is 0 Å². The molecule has 1 heterocycles. The van der Waals surface area contributed by atoms with Crippen LogP contribution in [-0.2, 0) is 0 Å². The van der Waals surface area contributed by atoms with Gasteiger partial charge in [0.1, 0.15) is 0 Å². The van der Waals surface area contributed by atoms with Crippen molar-refractivity contribution in [2.45, 2.75) is 0 Å². The summed E-state index contributed by atoms with van der Waals surface area (Å²) in [6.45, 7) is 0. The molecule has 0 saturated carbocycles. The molecule has 0 aromatic heterocycles. The Bertz CT molecular complexity index is 374. The Labute approximate surface area is 183 Å². The summed E-state index contributed by atoms with van der Waals surface area (Å²) in [5.74, 6) is 0. The Kier molecular flexibility index (Phi) is 6.38. The second-order valence-corrected chi connectivity index (χ2v) is 111. The average Bonchev–Trinajstić information content (AvgIpc) is 2.12. The van der Waals surface area contributed by atoms with Crippen molar-refractivity contribution in [3.8, 4) is 0 Å². The molecule has 1 rings (SSSR count). The summed E-state index contributed by atoms with van der Waals surface area (Å²) in [5, 5.41) is 0. The Hall–Kier alpha value is 5.36. The van der Waals surface area contributed by atoms with Gasteiger partial charge in [-0.3, -0.25) is 0 Å². The van der Waals surface area contributed by atoms with Crippen molar-refractivity contribution in [1.29, 1.82) is 0 Å². The first-order chi connectivity index (χ1) is 8.08. The normalized spacial score (nSPS) is 41.3. The quantitative estimate of drug-likeness (QED) is 0.188. The Balaban J connectivity index is 4.04.